The lowest BCUT2D eigenvalue weighted by Gasteiger charge is -2.23. The Hall–Kier alpha value is -3.10. The van der Waals surface area contributed by atoms with Crippen molar-refractivity contribution < 1.29 is 14.3 Å². The summed E-state index contributed by atoms with van der Waals surface area (Å²) in [6.45, 7) is 1.47. The highest BCUT2D eigenvalue weighted by Crippen LogP contribution is 2.31. The van der Waals surface area contributed by atoms with E-state index in [2.05, 4.69) is 28.3 Å². The summed E-state index contributed by atoms with van der Waals surface area (Å²) in [6, 6.07) is 8.46. The second kappa shape index (κ2) is 8.80. The maximum Gasteiger partial charge on any atom is 0.257 e. The van der Waals surface area contributed by atoms with Crippen LogP contribution < -0.4 is 0 Å². The van der Waals surface area contributed by atoms with Crippen LogP contribution in [-0.4, -0.2) is 64.0 Å². The largest absolute Gasteiger partial charge is 0.379 e. The van der Waals surface area contributed by atoms with Crippen molar-refractivity contribution in [2.75, 3.05) is 27.4 Å². The number of aryl methyl sites for hydroxylation is 2. The summed E-state index contributed by atoms with van der Waals surface area (Å²) in [4.78, 5) is 24.5. The van der Waals surface area contributed by atoms with Gasteiger partial charge in [-0.15, -0.1) is 0 Å². The van der Waals surface area contributed by atoms with Crippen molar-refractivity contribution in [2.45, 2.75) is 38.3 Å². The Kier molecular flexibility index (Phi) is 5.71. The molecular weight excluding hydrogens is 406 g/mol. The van der Waals surface area contributed by atoms with Crippen molar-refractivity contribution in [1.29, 1.82) is 0 Å². The minimum Gasteiger partial charge on any atom is -0.379 e. The molecule has 2 aromatic heterocycles. The Morgan fingerprint density at radius 1 is 1.25 bits per heavy atom. The van der Waals surface area contributed by atoms with Gasteiger partial charge in [-0.1, -0.05) is 24.3 Å². The molecule has 0 N–H and O–H groups in total. The molecule has 1 amide bonds. The fraction of sp³-hybridized carbons (Fsp3) is 0.417. The fourth-order valence-corrected chi connectivity index (χ4v) is 4.54. The van der Waals surface area contributed by atoms with E-state index in [0.29, 0.717) is 30.4 Å². The third-order valence-electron chi connectivity index (χ3n) is 6.36. The van der Waals surface area contributed by atoms with Crippen LogP contribution in [0.2, 0.25) is 0 Å². The molecule has 32 heavy (non-hydrogen) atoms. The molecule has 1 aromatic carbocycles. The molecule has 3 aromatic rings. The lowest BCUT2D eigenvalue weighted by atomic mass is 10.0. The van der Waals surface area contributed by atoms with Gasteiger partial charge in [-0.3, -0.25) is 4.79 Å². The standard InChI is InChI=1S/C24H27N5O3/c1-28(18-10-11-32-14-18)23(30)20-13-26-29(21(20)15-31-2)24-25-12-17-8-5-7-16-6-3-4-9-19(16)22(17)27-24/h3-4,6,9,12-13,18H,5,7-8,10-11,14-15H2,1-2H3/t18-/m1/s1. The van der Waals surface area contributed by atoms with E-state index >= 15 is 0 Å². The number of ether oxygens (including phenoxy) is 2. The van der Waals surface area contributed by atoms with E-state index in [4.69, 9.17) is 14.5 Å². The van der Waals surface area contributed by atoms with Gasteiger partial charge in [-0.25, -0.2) is 9.97 Å². The summed E-state index contributed by atoms with van der Waals surface area (Å²) in [5, 5.41) is 4.50. The molecular formula is C24H27N5O3. The van der Waals surface area contributed by atoms with Crippen molar-refractivity contribution in [3.05, 3.63) is 59.0 Å². The molecule has 8 heteroatoms. The van der Waals surface area contributed by atoms with Gasteiger partial charge in [-0.2, -0.15) is 9.78 Å². The summed E-state index contributed by atoms with van der Waals surface area (Å²) >= 11 is 0. The number of benzene rings is 1. The smallest absolute Gasteiger partial charge is 0.257 e. The number of likely N-dealkylation sites (N-methyl/N-ethyl adjacent to an activating group) is 1. The number of carbonyl (C=O) groups is 1. The van der Waals surface area contributed by atoms with Crippen LogP contribution in [0.3, 0.4) is 0 Å². The van der Waals surface area contributed by atoms with Crippen molar-refractivity contribution in [1.82, 2.24) is 24.6 Å². The Morgan fingerprint density at radius 3 is 2.91 bits per heavy atom. The zero-order chi connectivity index (χ0) is 22.1. The highest BCUT2D eigenvalue weighted by Gasteiger charge is 2.29. The first-order valence-electron chi connectivity index (χ1n) is 11.0. The highest BCUT2D eigenvalue weighted by atomic mass is 16.5. The van der Waals surface area contributed by atoms with Crippen LogP contribution in [0, 0.1) is 0 Å². The van der Waals surface area contributed by atoms with E-state index in [1.165, 1.54) is 5.56 Å². The van der Waals surface area contributed by atoms with Crippen LogP contribution in [0.1, 0.15) is 40.0 Å². The molecule has 1 atom stereocenters. The fourth-order valence-electron chi connectivity index (χ4n) is 4.54. The molecule has 0 saturated carbocycles. The third-order valence-corrected chi connectivity index (χ3v) is 6.36. The summed E-state index contributed by atoms with van der Waals surface area (Å²) in [5.41, 5.74) is 5.66. The van der Waals surface area contributed by atoms with E-state index in [1.807, 2.05) is 19.3 Å². The number of hydrogen-bond acceptors (Lipinski definition) is 6. The molecule has 166 valence electrons. The molecule has 0 bridgehead atoms. The summed E-state index contributed by atoms with van der Waals surface area (Å²) in [7, 11) is 3.42. The van der Waals surface area contributed by atoms with Gasteiger partial charge < -0.3 is 14.4 Å². The normalized spacial score (nSPS) is 17.5. The van der Waals surface area contributed by atoms with E-state index in [-0.39, 0.29) is 18.6 Å². The Labute approximate surface area is 187 Å². The molecule has 0 radical (unpaired) electrons. The van der Waals surface area contributed by atoms with Crippen molar-refractivity contribution in [3.8, 4) is 17.2 Å². The highest BCUT2D eigenvalue weighted by molar-refractivity contribution is 5.95. The van der Waals surface area contributed by atoms with E-state index < -0.39 is 0 Å². The molecule has 3 heterocycles. The molecule has 2 aliphatic rings. The van der Waals surface area contributed by atoms with E-state index in [1.54, 1.807) is 22.9 Å². The minimum absolute atomic E-state index is 0.0708. The zero-order valence-corrected chi connectivity index (χ0v) is 18.5. The number of amides is 1. The molecule has 1 fully saturated rings. The first-order valence-corrected chi connectivity index (χ1v) is 11.0. The van der Waals surface area contributed by atoms with Gasteiger partial charge in [0.1, 0.15) is 0 Å². The second-order valence-corrected chi connectivity index (χ2v) is 8.34. The number of rotatable bonds is 5. The zero-order valence-electron chi connectivity index (χ0n) is 18.5. The topological polar surface area (TPSA) is 82.4 Å². The van der Waals surface area contributed by atoms with Crippen molar-refractivity contribution in [2.24, 2.45) is 0 Å². The van der Waals surface area contributed by atoms with Crippen LogP contribution in [0.25, 0.3) is 17.2 Å². The average molecular weight is 434 g/mol. The van der Waals surface area contributed by atoms with Crippen LogP contribution in [-0.2, 0) is 28.9 Å². The molecule has 1 aliphatic carbocycles. The number of aromatic nitrogens is 4. The van der Waals surface area contributed by atoms with E-state index in [0.717, 1.165) is 42.5 Å². The van der Waals surface area contributed by atoms with Crippen molar-refractivity contribution in [3.63, 3.8) is 0 Å². The van der Waals surface area contributed by atoms with Gasteiger partial charge in [0, 0.05) is 32.5 Å². The average Bonchev–Trinajstić information content (AvgIpc) is 3.46. The Bertz CT molecular complexity index is 1140. The molecule has 0 spiro atoms. The predicted octanol–water partition coefficient (Wildman–Crippen LogP) is 2.83. The molecule has 1 saturated heterocycles. The van der Waals surface area contributed by atoms with Crippen LogP contribution in [0.15, 0.2) is 36.7 Å². The summed E-state index contributed by atoms with van der Waals surface area (Å²) in [6.07, 6.45) is 7.34. The summed E-state index contributed by atoms with van der Waals surface area (Å²) in [5.74, 6) is 0.345. The number of fused-ring (bicyclic) bond motifs is 3. The maximum atomic E-state index is 13.2. The van der Waals surface area contributed by atoms with Gasteiger partial charge >= 0.3 is 0 Å². The lowest BCUT2D eigenvalue weighted by Crippen LogP contribution is -2.37. The molecule has 1 aliphatic heterocycles. The van der Waals surface area contributed by atoms with Crippen molar-refractivity contribution >= 4 is 5.91 Å². The van der Waals surface area contributed by atoms with Gasteiger partial charge in [-0.05, 0) is 36.8 Å². The van der Waals surface area contributed by atoms with Crippen LogP contribution >= 0.6 is 0 Å². The quantitative estimate of drug-likeness (QED) is 0.615. The van der Waals surface area contributed by atoms with Gasteiger partial charge in [0.05, 0.1) is 42.4 Å². The molecule has 8 nitrogen and oxygen atoms in total. The van der Waals surface area contributed by atoms with Gasteiger partial charge in [0.25, 0.3) is 11.9 Å². The minimum atomic E-state index is -0.0982. The number of hydrogen-bond donors (Lipinski definition) is 0. The second-order valence-electron chi connectivity index (χ2n) is 8.34. The monoisotopic (exact) mass is 433 g/mol. The number of nitrogens with zero attached hydrogens (tertiary/aromatic N) is 5. The van der Waals surface area contributed by atoms with Crippen LogP contribution in [0.4, 0.5) is 0 Å². The first kappa shape index (κ1) is 20.8. The summed E-state index contributed by atoms with van der Waals surface area (Å²) < 4.78 is 12.5. The van der Waals surface area contributed by atoms with Gasteiger partial charge in [0.15, 0.2) is 0 Å². The third kappa shape index (κ3) is 3.69. The Balaban J connectivity index is 1.55. The number of carbonyl (C=O) groups excluding carboxylic acids is 1. The Morgan fingerprint density at radius 2 is 2.09 bits per heavy atom. The molecule has 0 unspecified atom stereocenters. The predicted molar refractivity (Wildman–Crippen MR) is 119 cm³/mol. The SMILES string of the molecule is COCc1c(C(=O)N(C)[C@@H]2CCOC2)cnn1-c1ncc2c(n1)-c1ccccc1CCC2. The first-order chi connectivity index (χ1) is 15.7. The maximum absolute atomic E-state index is 13.2. The molecule has 5 rings (SSSR count). The number of methoxy groups -OCH3 is 1. The van der Waals surface area contributed by atoms with E-state index in [9.17, 15) is 4.79 Å². The van der Waals surface area contributed by atoms with Crippen LogP contribution in [0.5, 0.6) is 0 Å². The lowest BCUT2D eigenvalue weighted by molar-refractivity contribution is 0.0706. The van der Waals surface area contributed by atoms with Gasteiger partial charge in [0.2, 0.25) is 0 Å².